The number of carbonyl (C=O) groups is 2. The summed E-state index contributed by atoms with van der Waals surface area (Å²) in [5.74, 6) is 0.387. The molecule has 2 N–H and O–H groups in total. The maximum atomic E-state index is 10.9. The second kappa shape index (κ2) is 4.81. The van der Waals surface area contributed by atoms with Gasteiger partial charge in [0, 0.05) is 6.20 Å². The number of aromatic nitrogens is 2. The predicted octanol–water partition coefficient (Wildman–Crippen LogP) is -0.203. The summed E-state index contributed by atoms with van der Waals surface area (Å²) in [5, 5.41) is 4.72. The first-order valence-corrected chi connectivity index (χ1v) is 3.57. The molecule has 0 saturated carbocycles. The Hall–Kier alpha value is -1.98. The second-order valence-corrected chi connectivity index (χ2v) is 2.10. The molecule has 2 amide bonds. The number of hydrogen-bond acceptors (Lipinski definition) is 4. The van der Waals surface area contributed by atoms with Gasteiger partial charge in [-0.05, 0) is 6.07 Å². The molecule has 0 saturated heterocycles. The molecule has 0 aliphatic rings. The lowest BCUT2D eigenvalue weighted by atomic mass is 10.6. The number of amides is 2. The molecule has 68 valence electrons. The van der Waals surface area contributed by atoms with Crippen LogP contribution in [-0.2, 0) is 4.79 Å². The molecule has 0 spiro atoms. The molecule has 13 heavy (non-hydrogen) atoms. The first-order chi connectivity index (χ1) is 6.33. The summed E-state index contributed by atoms with van der Waals surface area (Å²) in [4.78, 5) is 28.3. The molecule has 0 aromatic carbocycles. The smallest absolute Gasteiger partial charge is 0.320 e. The molecule has 1 aromatic heterocycles. The number of nitrogens with one attached hydrogen (secondary N) is 2. The van der Waals surface area contributed by atoms with Gasteiger partial charge in [-0.1, -0.05) is 0 Å². The van der Waals surface area contributed by atoms with E-state index in [1.54, 1.807) is 6.07 Å². The first-order valence-electron chi connectivity index (χ1n) is 3.57. The minimum absolute atomic E-state index is 0.0169. The van der Waals surface area contributed by atoms with Gasteiger partial charge in [0.1, 0.15) is 18.4 Å². The van der Waals surface area contributed by atoms with Crippen LogP contribution in [0.25, 0.3) is 0 Å². The minimum Gasteiger partial charge on any atom is -0.331 e. The highest BCUT2D eigenvalue weighted by atomic mass is 16.2. The van der Waals surface area contributed by atoms with E-state index < -0.39 is 6.03 Å². The molecular weight excluding hydrogens is 172 g/mol. The van der Waals surface area contributed by atoms with Gasteiger partial charge in [-0.3, -0.25) is 5.32 Å². The molecule has 0 radical (unpaired) electrons. The van der Waals surface area contributed by atoms with Crippen LogP contribution < -0.4 is 10.6 Å². The summed E-state index contributed by atoms with van der Waals surface area (Å²) in [6.07, 6.45) is 3.41. The molecule has 0 aliphatic carbocycles. The van der Waals surface area contributed by atoms with E-state index in [1.807, 2.05) is 0 Å². The van der Waals surface area contributed by atoms with Crippen LogP contribution in [0.3, 0.4) is 0 Å². The third-order valence-corrected chi connectivity index (χ3v) is 1.17. The number of rotatable bonds is 3. The lowest BCUT2D eigenvalue weighted by Gasteiger charge is -2.02. The van der Waals surface area contributed by atoms with Gasteiger partial charge in [0.15, 0.2) is 0 Å². The van der Waals surface area contributed by atoms with E-state index in [2.05, 4.69) is 20.6 Å². The Morgan fingerprint density at radius 3 is 3.08 bits per heavy atom. The quantitative estimate of drug-likeness (QED) is 0.631. The average molecular weight is 180 g/mol. The Balaban J connectivity index is 2.41. The van der Waals surface area contributed by atoms with E-state index in [0.29, 0.717) is 12.1 Å². The van der Waals surface area contributed by atoms with Crippen molar-refractivity contribution in [2.45, 2.75) is 0 Å². The fraction of sp³-hybridized carbons (Fsp3) is 0.143. The van der Waals surface area contributed by atoms with Crippen LogP contribution in [0.2, 0.25) is 0 Å². The van der Waals surface area contributed by atoms with Crippen molar-refractivity contribution in [1.29, 1.82) is 0 Å². The molecule has 0 unspecified atom stereocenters. The van der Waals surface area contributed by atoms with Crippen molar-refractivity contribution in [3.05, 3.63) is 18.6 Å². The molecule has 0 bridgehead atoms. The van der Waals surface area contributed by atoms with Crippen LogP contribution >= 0.6 is 0 Å². The van der Waals surface area contributed by atoms with Crippen LogP contribution in [0.15, 0.2) is 18.6 Å². The fourth-order valence-electron chi connectivity index (χ4n) is 0.660. The Labute approximate surface area is 74.4 Å². The van der Waals surface area contributed by atoms with E-state index >= 15 is 0 Å². The van der Waals surface area contributed by atoms with Crippen LogP contribution in [0, 0.1) is 0 Å². The maximum Gasteiger partial charge on any atom is 0.320 e. The van der Waals surface area contributed by atoms with Gasteiger partial charge in [-0.15, -0.1) is 0 Å². The number of nitrogens with zero attached hydrogens (tertiary/aromatic N) is 2. The first kappa shape index (κ1) is 9.11. The molecule has 1 rings (SSSR count). The molecule has 0 atom stereocenters. The molecule has 0 fully saturated rings. The molecule has 6 nitrogen and oxygen atoms in total. The Bertz CT molecular complexity index is 288. The summed E-state index contributed by atoms with van der Waals surface area (Å²) in [6, 6.07) is 1.08. The van der Waals surface area contributed by atoms with Crippen molar-refractivity contribution in [2.75, 3.05) is 11.9 Å². The highest BCUT2D eigenvalue weighted by Gasteiger charge is 1.99. The van der Waals surface area contributed by atoms with Gasteiger partial charge in [-0.2, -0.15) is 0 Å². The van der Waals surface area contributed by atoms with Gasteiger partial charge in [-0.25, -0.2) is 14.8 Å². The number of anilines is 1. The Kier molecular flexibility index (Phi) is 3.37. The Morgan fingerprint density at radius 1 is 1.62 bits per heavy atom. The number of urea groups is 1. The third kappa shape index (κ3) is 3.28. The highest BCUT2D eigenvalue weighted by molar-refractivity contribution is 5.89. The fourth-order valence-corrected chi connectivity index (χ4v) is 0.660. The van der Waals surface area contributed by atoms with Gasteiger partial charge in [0.05, 0.1) is 6.54 Å². The SMILES string of the molecule is O=CCNC(=O)Nc1ccncn1. The molecule has 1 heterocycles. The monoisotopic (exact) mass is 180 g/mol. The maximum absolute atomic E-state index is 10.9. The van der Waals surface area contributed by atoms with Gasteiger partial charge < -0.3 is 10.1 Å². The van der Waals surface area contributed by atoms with Crippen molar-refractivity contribution in [2.24, 2.45) is 0 Å². The van der Waals surface area contributed by atoms with E-state index in [1.165, 1.54) is 12.5 Å². The zero-order chi connectivity index (χ0) is 9.52. The second-order valence-electron chi connectivity index (χ2n) is 2.10. The van der Waals surface area contributed by atoms with E-state index in [4.69, 9.17) is 0 Å². The summed E-state index contributed by atoms with van der Waals surface area (Å²) >= 11 is 0. The van der Waals surface area contributed by atoms with Crippen molar-refractivity contribution < 1.29 is 9.59 Å². The number of hydrogen-bond donors (Lipinski definition) is 2. The van der Waals surface area contributed by atoms with Crippen LogP contribution in [0.1, 0.15) is 0 Å². The zero-order valence-corrected chi connectivity index (χ0v) is 6.73. The predicted molar refractivity (Wildman–Crippen MR) is 45.1 cm³/mol. The highest BCUT2D eigenvalue weighted by Crippen LogP contribution is 1.96. The number of aldehydes is 1. The van der Waals surface area contributed by atoms with E-state index in [9.17, 15) is 9.59 Å². The summed E-state index contributed by atoms with van der Waals surface area (Å²) in [7, 11) is 0. The van der Waals surface area contributed by atoms with Crippen molar-refractivity contribution in [3.8, 4) is 0 Å². The van der Waals surface area contributed by atoms with Crippen molar-refractivity contribution >= 4 is 18.1 Å². The van der Waals surface area contributed by atoms with Crippen molar-refractivity contribution in [3.63, 3.8) is 0 Å². The van der Waals surface area contributed by atoms with E-state index in [-0.39, 0.29) is 6.54 Å². The molecule has 1 aromatic rings. The molecule has 0 aliphatic heterocycles. The van der Waals surface area contributed by atoms with Crippen LogP contribution in [0.4, 0.5) is 10.6 Å². The van der Waals surface area contributed by atoms with E-state index in [0.717, 1.165) is 0 Å². The molecule has 6 heteroatoms. The van der Waals surface area contributed by atoms with Gasteiger partial charge >= 0.3 is 6.03 Å². The lowest BCUT2D eigenvalue weighted by molar-refractivity contribution is -0.107. The lowest BCUT2D eigenvalue weighted by Crippen LogP contribution is -2.30. The zero-order valence-electron chi connectivity index (χ0n) is 6.73. The molecular formula is C7H8N4O2. The summed E-state index contributed by atoms with van der Waals surface area (Å²) in [6.45, 7) is -0.0169. The average Bonchev–Trinajstić information content (AvgIpc) is 2.16. The third-order valence-electron chi connectivity index (χ3n) is 1.17. The Morgan fingerprint density at radius 2 is 2.46 bits per heavy atom. The van der Waals surface area contributed by atoms with Crippen LogP contribution in [-0.4, -0.2) is 28.8 Å². The van der Waals surface area contributed by atoms with Crippen LogP contribution in [0.5, 0.6) is 0 Å². The van der Waals surface area contributed by atoms with Gasteiger partial charge in [0.25, 0.3) is 0 Å². The largest absolute Gasteiger partial charge is 0.331 e. The summed E-state index contributed by atoms with van der Waals surface area (Å²) in [5.41, 5.74) is 0. The summed E-state index contributed by atoms with van der Waals surface area (Å²) < 4.78 is 0. The normalized spacial score (nSPS) is 8.92. The number of carbonyl (C=O) groups excluding carboxylic acids is 2. The minimum atomic E-state index is -0.467. The standard InChI is InChI=1S/C7H8N4O2/c12-4-3-9-7(13)11-6-1-2-8-5-10-6/h1-2,4-5H,3H2,(H2,8,9,10,11,13). The topological polar surface area (TPSA) is 84.0 Å². The van der Waals surface area contributed by atoms with Crippen molar-refractivity contribution in [1.82, 2.24) is 15.3 Å². The van der Waals surface area contributed by atoms with Gasteiger partial charge in [0.2, 0.25) is 0 Å².